The standard InChI is InChI=1S/C56H38N2O/c1-4-14-39(15-5-1)41-26-28-42(29-27-41)44-32-36-48(37-33-44)57(47-34-30-43(31-35-47)40-16-6-2-7-17-40)49-21-12-18-45(38-49)50-23-13-24-52-54-56(59-55(50)52)51-22-10-11-25-53(51)58(54)46-19-8-3-9-20-46/h1-38H. The Kier molecular flexibility index (Phi) is 8.49. The van der Waals surface area contributed by atoms with Gasteiger partial charge in [0.15, 0.2) is 5.58 Å². The van der Waals surface area contributed by atoms with Crippen LogP contribution in [0.1, 0.15) is 0 Å². The van der Waals surface area contributed by atoms with E-state index >= 15 is 0 Å². The van der Waals surface area contributed by atoms with Crippen LogP contribution < -0.4 is 4.90 Å². The predicted octanol–water partition coefficient (Wildman–Crippen LogP) is 15.7. The van der Waals surface area contributed by atoms with Gasteiger partial charge in [-0.3, -0.25) is 0 Å². The molecule has 0 saturated carbocycles. The fourth-order valence-corrected chi connectivity index (χ4v) is 8.55. The van der Waals surface area contributed by atoms with Gasteiger partial charge >= 0.3 is 0 Å². The first kappa shape index (κ1) is 34.4. The van der Waals surface area contributed by atoms with E-state index in [1.165, 1.54) is 33.4 Å². The predicted molar refractivity (Wildman–Crippen MR) is 247 cm³/mol. The average molecular weight is 755 g/mol. The Morgan fingerprint density at radius 1 is 0.322 bits per heavy atom. The molecule has 11 aromatic rings. The Balaban J connectivity index is 1.01. The monoisotopic (exact) mass is 754 g/mol. The number of rotatable bonds is 8. The van der Waals surface area contributed by atoms with Crippen LogP contribution in [0, 0.1) is 0 Å². The zero-order chi connectivity index (χ0) is 39.1. The van der Waals surface area contributed by atoms with Crippen molar-refractivity contribution in [3.05, 3.63) is 231 Å². The van der Waals surface area contributed by atoms with Gasteiger partial charge in [0.05, 0.1) is 5.52 Å². The normalized spacial score (nSPS) is 11.4. The minimum Gasteiger partial charge on any atom is -0.453 e. The molecule has 0 aliphatic carbocycles. The summed E-state index contributed by atoms with van der Waals surface area (Å²) in [7, 11) is 0. The number of benzene rings is 9. The maximum Gasteiger partial charge on any atom is 0.161 e. The van der Waals surface area contributed by atoms with Crippen LogP contribution in [0.15, 0.2) is 235 Å². The maximum atomic E-state index is 6.93. The molecule has 0 bridgehead atoms. The molecule has 0 unspecified atom stereocenters. The summed E-state index contributed by atoms with van der Waals surface area (Å²) >= 11 is 0. The van der Waals surface area contributed by atoms with E-state index in [-0.39, 0.29) is 0 Å². The molecule has 2 heterocycles. The van der Waals surface area contributed by atoms with Crippen molar-refractivity contribution in [2.24, 2.45) is 0 Å². The molecule has 0 N–H and O–H groups in total. The minimum atomic E-state index is 0.881. The summed E-state index contributed by atoms with van der Waals surface area (Å²) < 4.78 is 9.26. The van der Waals surface area contributed by atoms with E-state index < -0.39 is 0 Å². The van der Waals surface area contributed by atoms with Crippen LogP contribution in [0.5, 0.6) is 0 Å². The van der Waals surface area contributed by atoms with Gasteiger partial charge in [-0.05, 0) is 106 Å². The molecular formula is C56H38N2O. The van der Waals surface area contributed by atoms with Gasteiger partial charge < -0.3 is 13.9 Å². The van der Waals surface area contributed by atoms with Gasteiger partial charge in [-0.1, -0.05) is 164 Å². The lowest BCUT2D eigenvalue weighted by Gasteiger charge is -2.26. The van der Waals surface area contributed by atoms with Gasteiger partial charge in [-0.25, -0.2) is 0 Å². The molecule has 3 heteroatoms. The van der Waals surface area contributed by atoms with Crippen molar-refractivity contribution in [2.45, 2.75) is 0 Å². The first-order chi connectivity index (χ1) is 29.3. The topological polar surface area (TPSA) is 21.3 Å². The Labute approximate surface area is 343 Å². The zero-order valence-corrected chi connectivity index (χ0v) is 32.2. The molecule has 2 aromatic heterocycles. The highest BCUT2D eigenvalue weighted by Gasteiger charge is 2.22. The highest BCUT2D eigenvalue weighted by atomic mass is 16.3. The fraction of sp³-hybridized carbons (Fsp3) is 0. The van der Waals surface area contributed by atoms with Crippen LogP contribution in [0.4, 0.5) is 17.1 Å². The average Bonchev–Trinajstić information content (AvgIpc) is 3.86. The molecule has 0 aliphatic rings. The van der Waals surface area contributed by atoms with Gasteiger partial charge in [0.1, 0.15) is 11.1 Å². The largest absolute Gasteiger partial charge is 0.453 e. The summed E-state index contributed by atoms with van der Waals surface area (Å²) in [4.78, 5) is 2.34. The number of hydrogen-bond donors (Lipinski definition) is 0. The van der Waals surface area contributed by atoms with Gasteiger partial charge in [0.2, 0.25) is 0 Å². The molecule has 0 radical (unpaired) electrons. The highest BCUT2D eigenvalue weighted by molar-refractivity contribution is 6.18. The number of aromatic nitrogens is 1. The molecule has 3 nitrogen and oxygen atoms in total. The number of furan rings is 1. The first-order valence-corrected chi connectivity index (χ1v) is 20.1. The molecule has 0 amide bonds. The Hall–Kier alpha value is -7.88. The quantitative estimate of drug-likeness (QED) is 0.154. The Morgan fingerprint density at radius 3 is 1.37 bits per heavy atom. The van der Waals surface area contributed by atoms with Crippen molar-refractivity contribution >= 4 is 50.0 Å². The van der Waals surface area contributed by atoms with Crippen molar-refractivity contribution in [1.29, 1.82) is 0 Å². The van der Waals surface area contributed by atoms with Crippen molar-refractivity contribution in [3.63, 3.8) is 0 Å². The SMILES string of the molecule is c1ccc(-c2ccc(-c3ccc(N(c4ccc(-c5ccccc5)cc4)c4cccc(-c5cccc6c5oc5c7ccccc7n(-c7ccccc7)c65)c4)cc3)cc2)cc1. The van der Waals surface area contributed by atoms with Crippen LogP contribution in [-0.2, 0) is 0 Å². The summed E-state index contributed by atoms with van der Waals surface area (Å²) in [5.41, 5.74) is 17.6. The van der Waals surface area contributed by atoms with Gasteiger partial charge in [-0.15, -0.1) is 0 Å². The number of fused-ring (bicyclic) bond motifs is 5. The zero-order valence-electron chi connectivity index (χ0n) is 32.2. The van der Waals surface area contributed by atoms with Crippen molar-refractivity contribution in [1.82, 2.24) is 4.57 Å². The molecule has 0 spiro atoms. The molecule has 0 saturated heterocycles. The van der Waals surface area contributed by atoms with Crippen molar-refractivity contribution in [3.8, 4) is 50.2 Å². The Morgan fingerprint density at radius 2 is 0.780 bits per heavy atom. The number of hydrogen-bond acceptors (Lipinski definition) is 2. The number of para-hydroxylation sites is 3. The van der Waals surface area contributed by atoms with E-state index in [4.69, 9.17) is 4.42 Å². The third-order valence-corrected chi connectivity index (χ3v) is 11.4. The van der Waals surface area contributed by atoms with Gasteiger partial charge in [0.25, 0.3) is 0 Å². The molecule has 0 fully saturated rings. The van der Waals surface area contributed by atoms with Gasteiger partial charge in [-0.2, -0.15) is 0 Å². The van der Waals surface area contributed by atoms with Crippen LogP contribution in [0.25, 0.3) is 83.2 Å². The second-order valence-electron chi connectivity index (χ2n) is 14.9. The first-order valence-electron chi connectivity index (χ1n) is 20.1. The van der Waals surface area contributed by atoms with E-state index in [0.717, 1.165) is 66.8 Å². The summed E-state index contributed by atoms with van der Waals surface area (Å²) in [6.45, 7) is 0. The lowest BCUT2D eigenvalue weighted by molar-refractivity contribution is 0.674. The van der Waals surface area contributed by atoms with Gasteiger partial charge in [0, 0.05) is 39.1 Å². The molecule has 9 aromatic carbocycles. The fourth-order valence-electron chi connectivity index (χ4n) is 8.55. The molecule has 0 aliphatic heterocycles. The molecule has 0 atom stereocenters. The molecule has 278 valence electrons. The second-order valence-corrected chi connectivity index (χ2v) is 14.9. The van der Waals surface area contributed by atoms with Crippen molar-refractivity contribution < 1.29 is 4.42 Å². The molecule has 11 rings (SSSR count). The third-order valence-electron chi connectivity index (χ3n) is 11.4. The van der Waals surface area contributed by atoms with E-state index in [9.17, 15) is 0 Å². The number of nitrogens with zero attached hydrogens (tertiary/aromatic N) is 2. The summed E-state index contributed by atoms with van der Waals surface area (Å²) in [6.07, 6.45) is 0. The lowest BCUT2D eigenvalue weighted by Crippen LogP contribution is -2.10. The lowest BCUT2D eigenvalue weighted by atomic mass is 9.99. The summed E-state index contributed by atoms with van der Waals surface area (Å²) in [5.74, 6) is 0. The van der Waals surface area contributed by atoms with E-state index in [1.807, 2.05) is 0 Å². The molecule has 59 heavy (non-hydrogen) atoms. The van der Waals surface area contributed by atoms with E-state index in [1.54, 1.807) is 0 Å². The van der Waals surface area contributed by atoms with Crippen LogP contribution >= 0.6 is 0 Å². The third kappa shape index (κ3) is 6.17. The van der Waals surface area contributed by atoms with Crippen LogP contribution in [-0.4, -0.2) is 4.57 Å². The number of anilines is 3. The smallest absolute Gasteiger partial charge is 0.161 e. The van der Waals surface area contributed by atoms with Crippen LogP contribution in [0.2, 0.25) is 0 Å². The van der Waals surface area contributed by atoms with Crippen LogP contribution in [0.3, 0.4) is 0 Å². The summed E-state index contributed by atoms with van der Waals surface area (Å²) in [6, 6.07) is 82.1. The summed E-state index contributed by atoms with van der Waals surface area (Å²) in [5, 5.41) is 2.19. The highest BCUT2D eigenvalue weighted by Crippen LogP contribution is 2.44. The minimum absolute atomic E-state index is 0.881. The Bertz CT molecular complexity index is 3220. The van der Waals surface area contributed by atoms with Crippen molar-refractivity contribution in [2.75, 3.05) is 4.90 Å². The van der Waals surface area contributed by atoms with E-state index in [2.05, 4.69) is 240 Å². The molecular weight excluding hydrogens is 717 g/mol. The maximum absolute atomic E-state index is 6.93. The van der Waals surface area contributed by atoms with E-state index in [0.29, 0.717) is 0 Å². The second kappa shape index (κ2) is 14.6.